The molecule has 0 aromatic carbocycles. The highest BCUT2D eigenvalue weighted by molar-refractivity contribution is 5.05. The summed E-state index contributed by atoms with van der Waals surface area (Å²) in [4.78, 5) is 0. The van der Waals surface area contributed by atoms with E-state index in [4.69, 9.17) is 4.74 Å². The van der Waals surface area contributed by atoms with Gasteiger partial charge in [-0.15, -0.1) is 0 Å². The Bertz CT molecular complexity index is 213. The van der Waals surface area contributed by atoms with Crippen LogP contribution in [-0.2, 0) is 4.74 Å². The minimum atomic E-state index is -0.258. The number of hydrogen-bond donors (Lipinski definition) is 1. The lowest BCUT2D eigenvalue weighted by molar-refractivity contribution is 0.123. The van der Waals surface area contributed by atoms with Gasteiger partial charge in [0, 0.05) is 0 Å². The number of unbranched alkanes of at least 4 members (excludes halogenated alkanes) is 5. The van der Waals surface area contributed by atoms with E-state index in [0.29, 0.717) is 0 Å². The van der Waals surface area contributed by atoms with E-state index in [1.54, 1.807) is 0 Å². The van der Waals surface area contributed by atoms with Crippen LogP contribution in [0.3, 0.4) is 0 Å². The van der Waals surface area contributed by atoms with E-state index in [-0.39, 0.29) is 18.3 Å². The monoisotopic (exact) mass is 240 g/mol. The minimum Gasteiger partial charge on any atom is -0.390 e. The fourth-order valence-electron chi connectivity index (χ4n) is 2.11. The van der Waals surface area contributed by atoms with Crippen molar-refractivity contribution in [1.82, 2.24) is 0 Å². The van der Waals surface area contributed by atoms with Crippen LogP contribution >= 0.6 is 0 Å². The van der Waals surface area contributed by atoms with Crippen molar-refractivity contribution in [3.63, 3.8) is 0 Å². The maximum absolute atomic E-state index is 9.87. The van der Waals surface area contributed by atoms with Crippen LogP contribution in [0, 0.1) is 0 Å². The number of rotatable bonds is 10. The van der Waals surface area contributed by atoms with Crippen molar-refractivity contribution >= 4 is 0 Å². The summed E-state index contributed by atoms with van der Waals surface area (Å²) in [5.41, 5.74) is 0. The van der Waals surface area contributed by atoms with E-state index in [0.717, 1.165) is 19.3 Å². The van der Waals surface area contributed by atoms with Crippen LogP contribution in [0.4, 0.5) is 0 Å². The SMILES string of the molecule is CCCCC/C=C\[C@H]1O[C@H]1[C@H](O)CCCCC. The van der Waals surface area contributed by atoms with Gasteiger partial charge in [0.25, 0.3) is 0 Å². The molecule has 2 nitrogen and oxygen atoms in total. The molecule has 17 heavy (non-hydrogen) atoms. The topological polar surface area (TPSA) is 32.8 Å². The summed E-state index contributed by atoms with van der Waals surface area (Å²) in [6.07, 6.45) is 13.8. The van der Waals surface area contributed by atoms with E-state index >= 15 is 0 Å². The summed E-state index contributed by atoms with van der Waals surface area (Å²) in [5.74, 6) is 0. The van der Waals surface area contributed by atoms with E-state index in [1.807, 2.05) is 0 Å². The van der Waals surface area contributed by atoms with Crippen molar-refractivity contribution in [2.24, 2.45) is 0 Å². The minimum absolute atomic E-state index is 0.0780. The Hall–Kier alpha value is -0.340. The molecule has 1 aliphatic rings. The third kappa shape index (κ3) is 6.23. The van der Waals surface area contributed by atoms with Gasteiger partial charge in [0.05, 0.1) is 6.10 Å². The fourth-order valence-corrected chi connectivity index (χ4v) is 2.11. The molecule has 1 N–H and O–H groups in total. The first-order chi connectivity index (χ1) is 8.29. The molecule has 0 bridgehead atoms. The Balaban J connectivity index is 2.03. The average molecular weight is 240 g/mol. The molecule has 1 aliphatic heterocycles. The average Bonchev–Trinajstić information content (AvgIpc) is 3.09. The molecule has 1 fully saturated rings. The molecule has 0 aliphatic carbocycles. The molecule has 0 amide bonds. The second-order valence-corrected chi connectivity index (χ2v) is 5.05. The number of ether oxygens (including phenoxy) is 1. The van der Waals surface area contributed by atoms with Gasteiger partial charge in [-0.3, -0.25) is 0 Å². The first-order valence-electron chi connectivity index (χ1n) is 7.29. The zero-order valence-electron chi connectivity index (χ0n) is 11.4. The number of hydrogen-bond acceptors (Lipinski definition) is 2. The molecule has 1 rings (SSSR count). The zero-order valence-corrected chi connectivity index (χ0v) is 11.4. The van der Waals surface area contributed by atoms with Crippen LogP contribution in [0.25, 0.3) is 0 Å². The second kappa shape index (κ2) is 8.71. The Morgan fingerprint density at radius 3 is 2.53 bits per heavy atom. The lowest BCUT2D eigenvalue weighted by Gasteiger charge is -2.05. The number of aliphatic hydroxyl groups excluding tert-OH is 1. The largest absolute Gasteiger partial charge is 0.390 e. The van der Waals surface area contributed by atoms with Crippen LogP contribution in [0.2, 0.25) is 0 Å². The number of allylic oxidation sites excluding steroid dienone is 1. The van der Waals surface area contributed by atoms with E-state index in [9.17, 15) is 5.11 Å². The molecule has 1 saturated heterocycles. The van der Waals surface area contributed by atoms with Crippen molar-refractivity contribution in [2.45, 2.75) is 83.5 Å². The molecule has 1 heterocycles. The third-order valence-electron chi connectivity index (χ3n) is 3.34. The first-order valence-corrected chi connectivity index (χ1v) is 7.29. The molecule has 0 saturated carbocycles. The summed E-state index contributed by atoms with van der Waals surface area (Å²) in [5, 5.41) is 9.87. The number of aliphatic hydroxyl groups is 1. The predicted molar refractivity (Wildman–Crippen MR) is 72.1 cm³/mol. The highest BCUT2D eigenvalue weighted by atomic mass is 16.6. The maximum atomic E-state index is 9.87. The van der Waals surface area contributed by atoms with Gasteiger partial charge >= 0.3 is 0 Å². The van der Waals surface area contributed by atoms with E-state index in [2.05, 4.69) is 26.0 Å². The predicted octanol–water partition coefficient (Wildman–Crippen LogP) is 3.83. The zero-order chi connectivity index (χ0) is 12.5. The molecule has 0 aromatic rings. The molecule has 0 radical (unpaired) electrons. The second-order valence-electron chi connectivity index (χ2n) is 5.05. The van der Waals surface area contributed by atoms with Gasteiger partial charge in [-0.1, -0.05) is 58.1 Å². The van der Waals surface area contributed by atoms with Crippen LogP contribution in [-0.4, -0.2) is 23.4 Å². The summed E-state index contributed by atoms with van der Waals surface area (Å²) in [6.45, 7) is 4.40. The van der Waals surface area contributed by atoms with Gasteiger partial charge in [-0.05, 0) is 19.3 Å². The standard InChI is InChI=1S/C15H28O2/c1-3-5-7-8-10-12-14-15(17-14)13(16)11-9-6-4-2/h10,12-16H,3-9,11H2,1-2H3/b12-10-/t13-,14-,15+/m1/s1. The first kappa shape index (κ1) is 14.7. The van der Waals surface area contributed by atoms with Gasteiger partial charge in [0.1, 0.15) is 12.2 Å². The molecular weight excluding hydrogens is 212 g/mol. The summed E-state index contributed by atoms with van der Waals surface area (Å²) >= 11 is 0. The van der Waals surface area contributed by atoms with E-state index in [1.165, 1.54) is 32.1 Å². The lowest BCUT2D eigenvalue weighted by atomic mass is 10.1. The Labute approximate surface area is 106 Å². The van der Waals surface area contributed by atoms with Gasteiger partial charge < -0.3 is 9.84 Å². The van der Waals surface area contributed by atoms with Gasteiger partial charge in [-0.25, -0.2) is 0 Å². The number of epoxide rings is 1. The van der Waals surface area contributed by atoms with Crippen molar-refractivity contribution in [3.05, 3.63) is 12.2 Å². The molecular formula is C15H28O2. The van der Waals surface area contributed by atoms with Crippen molar-refractivity contribution in [2.75, 3.05) is 0 Å². The van der Waals surface area contributed by atoms with Crippen LogP contribution in [0.1, 0.15) is 65.2 Å². The maximum Gasteiger partial charge on any atom is 0.114 e. The molecule has 0 unspecified atom stereocenters. The third-order valence-corrected chi connectivity index (χ3v) is 3.34. The molecule has 2 heteroatoms. The normalized spacial score (nSPS) is 25.4. The summed E-state index contributed by atoms with van der Waals surface area (Å²) in [6, 6.07) is 0. The lowest BCUT2D eigenvalue weighted by Crippen LogP contribution is -2.16. The van der Waals surface area contributed by atoms with Gasteiger partial charge in [0.15, 0.2) is 0 Å². The molecule has 3 atom stereocenters. The van der Waals surface area contributed by atoms with Crippen molar-refractivity contribution in [3.8, 4) is 0 Å². The summed E-state index contributed by atoms with van der Waals surface area (Å²) in [7, 11) is 0. The Kier molecular flexibility index (Phi) is 7.54. The van der Waals surface area contributed by atoms with Crippen molar-refractivity contribution < 1.29 is 9.84 Å². The van der Waals surface area contributed by atoms with Gasteiger partial charge in [0.2, 0.25) is 0 Å². The van der Waals surface area contributed by atoms with E-state index < -0.39 is 0 Å². The highest BCUT2D eigenvalue weighted by Crippen LogP contribution is 2.29. The molecule has 100 valence electrons. The summed E-state index contributed by atoms with van der Waals surface area (Å²) < 4.78 is 5.48. The smallest absolute Gasteiger partial charge is 0.114 e. The quantitative estimate of drug-likeness (QED) is 0.357. The van der Waals surface area contributed by atoms with Crippen LogP contribution < -0.4 is 0 Å². The Morgan fingerprint density at radius 2 is 1.82 bits per heavy atom. The van der Waals surface area contributed by atoms with Gasteiger partial charge in [-0.2, -0.15) is 0 Å². The molecule has 0 spiro atoms. The Morgan fingerprint density at radius 1 is 1.12 bits per heavy atom. The molecule has 0 aromatic heterocycles. The van der Waals surface area contributed by atoms with Crippen LogP contribution in [0.15, 0.2) is 12.2 Å². The fraction of sp³-hybridized carbons (Fsp3) is 0.867. The van der Waals surface area contributed by atoms with Crippen LogP contribution in [0.5, 0.6) is 0 Å². The highest BCUT2D eigenvalue weighted by Gasteiger charge is 2.41. The van der Waals surface area contributed by atoms with Crippen molar-refractivity contribution in [1.29, 1.82) is 0 Å².